The van der Waals surface area contributed by atoms with E-state index in [0.29, 0.717) is 25.1 Å². The van der Waals surface area contributed by atoms with Crippen molar-refractivity contribution in [3.8, 4) is 23.3 Å². The van der Waals surface area contributed by atoms with Crippen molar-refractivity contribution >= 4 is 5.91 Å². The summed E-state index contributed by atoms with van der Waals surface area (Å²) >= 11 is 0. The van der Waals surface area contributed by atoms with E-state index in [1.54, 1.807) is 7.11 Å². The average molecular weight is 591 g/mol. The summed E-state index contributed by atoms with van der Waals surface area (Å²) in [6.45, 7) is 6.61. The van der Waals surface area contributed by atoms with Crippen molar-refractivity contribution in [3.05, 3.63) is 95.1 Å². The third-order valence-corrected chi connectivity index (χ3v) is 10.6. The molecular weight excluding hydrogens is 548 g/mol. The highest BCUT2D eigenvalue weighted by Crippen LogP contribution is 2.66. The van der Waals surface area contributed by atoms with Crippen LogP contribution in [0.15, 0.2) is 72.8 Å². The van der Waals surface area contributed by atoms with Crippen molar-refractivity contribution in [2.24, 2.45) is 5.92 Å². The maximum atomic E-state index is 13.9. The van der Waals surface area contributed by atoms with Gasteiger partial charge in [-0.25, -0.2) is 0 Å². The third-order valence-electron chi connectivity index (χ3n) is 10.6. The summed E-state index contributed by atoms with van der Waals surface area (Å²) in [5.74, 6) is 7.55. The molecule has 1 N–H and O–H groups in total. The third kappa shape index (κ3) is 4.52. The second-order valence-electron chi connectivity index (χ2n) is 13.4. The highest BCUT2D eigenvalue weighted by Gasteiger charge is 2.73. The molecule has 7 rings (SSSR count). The number of methoxy groups -OCH3 is 1. The van der Waals surface area contributed by atoms with Gasteiger partial charge in [-0.2, -0.15) is 0 Å². The molecule has 44 heavy (non-hydrogen) atoms. The number of likely N-dealkylation sites (tertiary alicyclic amines) is 1. The van der Waals surface area contributed by atoms with Crippen LogP contribution in [0.25, 0.3) is 0 Å². The van der Waals surface area contributed by atoms with E-state index in [9.17, 15) is 9.90 Å². The molecule has 6 nitrogen and oxygen atoms in total. The van der Waals surface area contributed by atoms with E-state index in [0.717, 1.165) is 49.2 Å². The number of piperidine rings is 1. The molecule has 3 aromatic rings. The number of hydrogen-bond donors (Lipinski definition) is 1. The summed E-state index contributed by atoms with van der Waals surface area (Å²) < 4.78 is 12.8. The lowest BCUT2D eigenvalue weighted by atomic mass is 9.48. The van der Waals surface area contributed by atoms with Gasteiger partial charge in [-0.15, -0.1) is 0 Å². The standard InChI is InChI=1S/C38H42N2O4/c1-26(2)25-40(33(41)17-14-27-10-6-4-7-11-27)30-18-20-38(42)32-24-29-15-16-31(43-3)35-34(29)37(38,36(30)44-35)21-23-39(32)22-19-28-12-8-5-9-13-28/h4-13,15-16,26,30,32,36,42H,18-25H2,1-3H3/t30-,32+,36-,37-,38+/m0/s1. The quantitative estimate of drug-likeness (QED) is 0.393. The van der Waals surface area contributed by atoms with Crippen molar-refractivity contribution < 1.29 is 19.4 Å². The van der Waals surface area contributed by atoms with Gasteiger partial charge in [-0.1, -0.05) is 74.4 Å². The fourth-order valence-corrected chi connectivity index (χ4v) is 8.74. The van der Waals surface area contributed by atoms with Crippen molar-refractivity contribution in [3.63, 3.8) is 0 Å². The summed E-state index contributed by atoms with van der Waals surface area (Å²) in [6, 6.07) is 24.2. The first kappa shape index (κ1) is 29.0. The Morgan fingerprint density at radius 1 is 1.09 bits per heavy atom. The number of carbonyl (C=O) groups is 1. The molecule has 1 saturated carbocycles. The second-order valence-corrected chi connectivity index (χ2v) is 13.4. The molecule has 0 radical (unpaired) electrons. The Bertz CT molecular complexity index is 1600. The van der Waals surface area contributed by atoms with Crippen LogP contribution in [-0.2, 0) is 23.1 Å². The van der Waals surface area contributed by atoms with E-state index < -0.39 is 11.0 Å². The first-order chi connectivity index (χ1) is 21.4. The monoisotopic (exact) mass is 590 g/mol. The molecule has 1 spiro atoms. The van der Waals surface area contributed by atoms with E-state index >= 15 is 0 Å². The van der Waals surface area contributed by atoms with Gasteiger partial charge in [0.2, 0.25) is 0 Å². The van der Waals surface area contributed by atoms with Crippen molar-refractivity contribution in [2.45, 2.75) is 75.2 Å². The lowest BCUT2D eigenvalue weighted by molar-refractivity contribution is -0.200. The van der Waals surface area contributed by atoms with E-state index in [-0.39, 0.29) is 30.0 Å². The minimum absolute atomic E-state index is 0.0222. The van der Waals surface area contributed by atoms with E-state index in [4.69, 9.17) is 9.47 Å². The topological polar surface area (TPSA) is 62.2 Å². The summed E-state index contributed by atoms with van der Waals surface area (Å²) in [7, 11) is 1.68. The smallest absolute Gasteiger partial charge is 0.299 e. The number of amides is 1. The minimum atomic E-state index is -0.976. The number of nitrogens with zero attached hydrogens (tertiary/aromatic N) is 2. The molecule has 2 aliphatic carbocycles. The van der Waals surface area contributed by atoms with Gasteiger partial charge >= 0.3 is 0 Å². The van der Waals surface area contributed by atoms with Crippen LogP contribution < -0.4 is 9.47 Å². The van der Waals surface area contributed by atoms with E-state index in [2.05, 4.69) is 67.0 Å². The van der Waals surface area contributed by atoms with Gasteiger partial charge in [-0.3, -0.25) is 9.69 Å². The molecule has 2 bridgehead atoms. The predicted octanol–water partition coefficient (Wildman–Crippen LogP) is 5.00. The van der Waals surface area contributed by atoms with Crippen LogP contribution in [0.3, 0.4) is 0 Å². The predicted molar refractivity (Wildman–Crippen MR) is 171 cm³/mol. The number of rotatable bonds is 7. The highest BCUT2D eigenvalue weighted by molar-refractivity contribution is 5.94. The van der Waals surface area contributed by atoms with Crippen LogP contribution in [0, 0.1) is 17.8 Å². The fraction of sp³-hybridized carbons (Fsp3) is 0.447. The van der Waals surface area contributed by atoms with E-state index in [1.165, 1.54) is 11.1 Å². The Kier molecular flexibility index (Phi) is 7.43. The Balaban J connectivity index is 1.27. The zero-order valence-corrected chi connectivity index (χ0v) is 26.0. The first-order valence-corrected chi connectivity index (χ1v) is 16.1. The lowest BCUT2D eigenvalue weighted by Gasteiger charge is -2.64. The Morgan fingerprint density at radius 2 is 1.84 bits per heavy atom. The van der Waals surface area contributed by atoms with Crippen LogP contribution in [0.4, 0.5) is 0 Å². The molecule has 2 aliphatic heterocycles. The first-order valence-electron chi connectivity index (χ1n) is 16.1. The normalized spacial score (nSPS) is 28.0. The van der Waals surface area contributed by atoms with Crippen molar-refractivity contribution in [1.29, 1.82) is 0 Å². The van der Waals surface area contributed by atoms with Crippen LogP contribution in [0.2, 0.25) is 0 Å². The van der Waals surface area contributed by atoms with Gasteiger partial charge in [-0.05, 0) is 73.9 Å². The SMILES string of the molecule is COc1ccc2c3c1O[C@H]1[C@@H](N(CC(C)C)C(=O)C#Cc4ccccc4)CC[C@@]4(O)[C@@H](C2)N(CCc2ccccc2)CC[C@]314. The van der Waals surface area contributed by atoms with Gasteiger partial charge in [0.15, 0.2) is 11.5 Å². The molecule has 5 atom stereocenters. The summed E-state index contributed by atoms with van der Waals surface area (Å²) in [5.41, 5.74) is 2.88. The number of ether oxygens (including phenoxy) is 2. The molecular formula is C38H42N2O4. The molecule has 1 saturated heterocycles. The zero-order chi connectivity index (χ0) is 30.5. The molecule has 6 heteroatoms. The highest BCUT2D eigenvalue weighted by atomic mass is 16.5. The summed E-state index contributed by atoms with van der Waals surface area (Å²) in [6.07, 6.45) is 3.36. The molecule has 228 valence electrons. The molecule has 2 fully saturated rings. The molecule has 4 aliphatic rings. The molecule has 1 amide bonds. The number of carbonyl (C=O) groups excluding carboxylic acids is 1. The molecule has 0 aromatic heterocycles. The summed E-state index contributed by atoms with van der Waals surface area (Å²) in [4.78, 5) is 18.4. The summed E-state index contributed by atoms with van der Waals surface area (Å²) in [5, 5.41) is 13.0. The van der Waals surface area contributed by atoms with Gasteiger partial charge < -0.3 is 19.5 Å². The Labute approximate surface area is 261 Å². The number of benzene rings is 3. The number of hydrogen-bond acceptors (Lipinski definition) is 5. The van der Waals surface area contributed by atoms with Crippen LogP contribution in [0.1, 0.15) is 55.4 Å². The Hall–Kier alpha value is -3.79. The largest absolute Gasteiger partial charge is 0.493 e. The molecule has 3 aromatic carbocycles. The van der Waals surface area contributed by atoms with Gasteiger partial charge in [0.25, 0.3) is 5.91 Å². The maximum Gasteiger partial charge on any atom is 0.299 e. The van der Waals surface area contributed by atoms with Crippen LogP contribution >= 0.6 is 0 Å². The Morgan fingerprint density at radius 3 is 2.57 bits per heavy atom. The van der Waals surface area contributed by atoms with Gasteiger partial charge in [0.1, 0.15) is 6.10 Å². The van der Waals surface area contributed by atoms with Crippen LogP contribution in [-0.4, -0.2) is 71.3 Å². The minimum Gasteiger partial charge on any atom is -0.493 e. The maximum absolute atomic E-state index is 13.9. The second kappa shape index (κ2) is 11.3. The van der Waals surface area contributed by atoms with Crippen LogP contribution in [0.5, 0.6) is 11.5 Å². The van der Waals surface area contributed by atoms with Gasteiger partial charge in [0, 0.05) is 36.2 Å². The average Bonchev–Trinajstić information content (AvgIpc) is 3.39. The number of aliphatic hydroxyl groups is 1. The fourth-order valence-electron chi connectivity index (χ4n) is 8.74. The zero-order valence-electron chi connectivity index (χ0n) is 26.0. The van der Waals surface area contributed by atoms with Gasteiger partial charge in [0.05, 0.1) is 24.2 Å². The lowest BCUT2D eigenvalue weighted by Crippen LogP contribution is -2.78. The molecule has 0 unspecified atom stereocenters. The molecule has 2 heterocycles. The van der Waals surface area contributed by atoms with E-state index in [1.807, 2.05) is 41.3 Å². The van der Waals surface area contributed by atoms with Crippen molar-refractivity contribution in [2.75, 3.05) is 26.7 Å². The van der Waals surface area contributed by atoms with Crippen molar-refractivity contribution in [1.82, 2.24) is 9.80 Å².